The number of carboxylic acid groups (broad SMARTS) is 1. The van der Waals surface area contributed by atoms with Crippen molar-refractivity contribution in [2.75, 3.05) is 0 Å². The summed E-state index contributed by atoms with van der Waals surface area (Å²) >= 11 is 0. The molecule has 2 atom stereocenters. The zero-order chi connectivity index (χ0) is 18.6. The van der Waals surface area contributed by atoms with Gasteiger partial charge >= 0.3 is 0 Å². The molecule has 0 aliphatic heterocycles. The summed E-state index contributed by atoms with van der Waals surface area (Å²) in [5, 5.41) is 14.2. The van der Waals surface area contributed by atoms with Gasteiger partial charge in [0, 0.05) is 11.8 Å². The van der Waals surface area contributed by atoms with Crippen LogP contribution in [0, 0.1) is 11.6 Å². The van der Waals surface area contributed by atoms with Gasteiger partial charge in [-0.15, -0.1) is 0 Å². The molecule has 2 aromatic rings. The Bertz CT molecular complexity index is 779. The van der Waals surface area contributed by atoms with Crippen LogP contribution in [-0.2, 0) is 15.0 Å². The average molecular weight is 346 g/mol. The van der Waals surface area contributed by atoms with Crippen molar-refractivity contribution >= 4 is 11.9 Å². The van der Waals surface area contributed by atoms with Crippen molar-refractivity contribution in [3.63, 3.8) is 0 Å². The van der Waals surface area contributed by atoms with E-state index < -0.39 is 35.0 Å². The van der Waals surface area contributed by atoms with Gasteiger partial charge in [-0.05, 0) is 37.1 Å². The number of rotatable bonds is 6. The third kappa shape index (κ3) is 4.21. The van der Waals surface area contributed by atoms with E-state index >= 15 is 0 Å². The zero-order valence-corrected chi connectivity index (χ0v) is 13.9. The van der Waals surface area contributed by atoms with Crippen LogP contribution in [0.2, 0.25) is 0 Å². The van der Waals surface area contributed by atoms with Crippen LogP contribution in [0.5, 0.6) is 0 Å². The van der Waals surface area contributed by atoms with E-state index in [0.717, 1.165) is 12.1 Å². The van der Waals surface area contributed by atoms with E-state index in [1.807, 2.05) is 0 Å². The Hall–Kier alpha value is -2.76. The molecule has 0 saturated heterocycles. The molecule has 0 bridgehead atoms. The lowest BCUT2D eigenvalue weighted by molar-refractivity contribution is -0.313. The summed E-state index contributed by atoms with van der Waals surface area (Å²) in [5.74, 6) is -3.89. The van der Waals surface area contributed by atoms with Crippen LogP contribution in [-0.4, -0.2) is 11.9 Å². The molecule has 6 heteroatoms. The lowest BCUT2D eigenvalue weighted by Crippen LogP contribution is -2.47. The van der Waals surface area contributed by atoms with Crippen molar-refractivity contribution in [1.29, 1.82) is 0 Å². The van der Waals surface area contributed by atoms with Crippen LogP contribution in [0.25, 0.3) is 0 Å². The van der Waals surface area contributed by atoms with Crippen molar-refractivity contribution in [2.45, 2.75) is 31.7 Å². The summed E-state index contributed by atoms with van der Waals surface area (Å²) in [6, 6.07) is 11.0. The second-order valence-electron chi connectivity index (χ2n) is 6.13. The minimum Gasteiger partial charge on any atom is -0.549 e. The van der Waals surface area contributed by atoms with Crippen molar-refractivity contribution in [2.24, 2.45) is 0 Å². The molecule has 25 heavy (non-hydrogen) atoms. The molecule has 0 radical (unpaired) electrons. The molecule has 0 spiro atoms. The quantitative estimate of drug-likeness (QED) is 0.872. The minimum atomic E-state index is -1.50. The van der Waals surface area contributed by atoms with Gasteiger partial charge in [0.15, 0.2) is 11.6 Å². The number of carbonyl (C=O) groups is 2. The molecule has 4 nitrogen and oxygen atoms in total. The van der Waals surface area contributed by atoms with Gasteiger partial charge in [0.1, 0.15) is 0 Å². The molecule has 1 N–H and O–H groups in total. The highest BCUT2D eigenvalue weighted by atomic mass is 19.2. The Morgan fingerprint density at radius 1 is 1.12 bits per heavy atom. The van der Waals surface area contributed by atoms with E-state index in [2.05, 4.69) is 5.32 Å². The largest absolute Gasteiger partial charge is 0.549 e. The molecule has 0 heterocycles. The van der Waals surface area contributed by atoms with Gasteiger partial charge in [-0.1, -0.05) is 36.4 Å². The van der Waals surface area contributed by atoms with E-state index in [1.54, 1.807) is 37.3 Å². The fraction of sp³-hybridized carbons (Fsp3) is 0.263. The van der Waals surface area contributed by atoms with Gasteiger partial charge < -0.3 is 15.2 Å². The second-order valence-corrected chi connectivity index (χ2v) is 6.13. The monoisotopic (exact) mass is 346 g/mol. The summed E-state index contributed by atoms with van der Waals surface area (Å²) < 4.78 is 26.3. The van der Waals surface area contributed by atoms with Crippen LogP contribution in [0.15, 0.2) is 48.5 Å². The SMILES string of the molecule is C[C@@H](NC(=O)C[C@@](C)(C(=O)[O-])c1ccccc1)c1ccc(F)c(F)c1. The first-order chi connectivity index (χ1) is 11.7. The first-order valence-electron chi connectivity index (χ1n) is 7.75. The fourth-order valence-corrected chi connectivity index (χ4v) is 2.58. The maximum atomic E-state index is 13.3. The lowest BCUT2D eigenvalue weighted by Gasteiger charge is -2.31. The van der Waals surface area contributed by atoms with Gasteiger partial charge in [-0.25, -0.2) is 8.78 Å². The molecule has 1 amide bonds. The zero-order valence-electron chi connectivity index (χ0n) is 13.9. The van der Waals surface area contributed by atoms with Crippen LogP contribution in [0.1, 0.15) is 37.4 Å². The van der Waals surface area contributed by atoms with Crippen LogP contribution in [0.4, 0.5) is 8.78 Å². The molecule has 0 saturated carbocycles. The molecular formula is C19H18F2NO3-. The summed E-state index contributed by atoms with van der Waals surface area (Å²) in [6.07, 6.45) is -0.340. The molecule has 0 aromatic heterocycles. The number of carbonyl (C=O) groups excluding carboxylic acids is 2. The standard InChI is InChI=1S/C19H19F2NO3/c1-12(13-8-9-15(20)16(21)10-13)22-17(23)11-19(2,18(24)25)14-6-4-3-5-7-14/h3-10,12H,11H2,1-2H3,(H,22,23)(H,24,25)/p-1/t12-,19-/m1/s1. The second kappa shape index (κ2) is 7.42. The molecule has 2 aromatic carbocycles. The van der Waals surface area contributed by atoms with E-state index in [-0.39, 0.29) is 6.42 Å². The van der Waals surface area contributed by atoms with Gasteiger partial charge in [-0.3, -0.25) is 4.79 Å². The third-order valence-corrected chi connectivity index (χ3v) is 4.20. The summed E-state index contributed by atoms with van der Waals surface area (Å²) in [7, 11) is 0. The van der Waals surface area contributed by atoms with Gasteiger partial charge in [0.25, 0.3) is 0 Å². The smallest absolute Gasteiger partial charge is 0.221 e. The summed E-state index contributed by atoms with van der Waals surface area (Å²) in [4.78, 5) is 23.9. The molecular weight excluding hydrogens is 328 g/mol. The van der Waals surface area contributed by atoms with E-state index in [9.17, 15) is 23.5 Å². The van der Waals surface area contributed by atoms with Gasteiger partial charge in [0.05, 0.1) is 12.0 Å². The molecule has 0 fully saturated rings. The highest BCUT2D eigenvalue weighted by Gasteiger charge is 2.31. The predicted octanol–water partition coefficient (Wildman–Crippen LogP) is 2.24. The van der Waals surface area contributed by atoms with Crippen LogP contribution < -0.4 is 10.4 Å². The predicted molar refractivity (Wildman–Crippen MR) is 86.3 cm³/mol. The third-order valence-electron chi connectivity index (χ3n) is 4.20. The van der Waals surface area contributed by atoms with Crippen molar-refractivity contribution in [3.05, 3.63) is 71.3 Å². The molecule has 0 aliphatic rings. The van der Waals surface area contributed by atoms with Crippen LogP contribution in [0.3, 0.4) is 0 Å². The Morgan fingerprint density at radius 3 is 2.32 bits per heavy atom. The van der Waals surface area contributed by atoms with E-state index in [1.165, 1.54) is 13.0 Å². The van der Waals surface area contributed by atoms with Crippen molar-refractivity contribution in [3.8, 4) is 0 Å². The first kappa shape index (κ1) is 18.6. The number of aliphatic carboxylic acids is 1. The normalized spacial score (nSPS) is 14.4. The average Bonchev–Trinajstić information content (AvgIpc) is 2.57. The number of hydrogen-bond donors (Lipinski definition) is 1. The van der Waals surface area contributed by atoms with Crippen molar-refractivity contribution < 1.29 is 23.5 Å². The number of carboxylic acids is 1. The van der Waals surface area contributed by atoms with Gasteiger partial charge in [0.2, 0.25) is 5.91 Å². The number of nitrogens with one attached hydrogen (secondary N) is 1. The first-order valence-corrected chi connectivity index (χ1v) is 7.75. The van der Waals surface area contributed by atoms with Crippen LogP contribution >= 0.6 is 0 Å². The molecule has 0 unspecified atom stereocenters. The number of benzene rings is 2. The van der Waals surface area contributed by atoms with E-state index in [0.29, 0.717) is 11.1 Å². The Kier molecular flexibility index (Phi) is 5.51. The maximum Gasteiger partial charge on any atom is 0.221 e. The van der Waals surface area contributed by atoms with Gasteiger partial charge in [-0.2, -0.15) is 0 Å². The number of amides is 1. The van der Waals surface area contributed by atoms with E-state index in [4.69, 9.17) is 0 Å². The highest BCUT2D eigenvalue weighted by Crippen LogP contribution is 2.27. The lowest BCUT2D eigenvalue weighted by atomic mass is 9.79. The molecule has 132 valence electrons. The maximum absolute atomic E-state index is 13.3. The Balaban J connectivity index is 2.14. The fourth-order valence-electron chi connectivity index (χ4n) is 2.58. The Morgan fingerprint density at radius 2 is 1.76 bits per heavy atom. The number of hydrogen-bond acceptors (Lipinski definition) is 3. The minimum absolute atomic E-state index is 0.340. The molecule has 2 rings (SSSR count). The highest BCUT2D eigenvalue weighted by molar-refractivity contribution is 5.88. The topological polar surface area (TPSA) is 69.2 Å². The molecule has 0 aliphatic carbocycles. The summed E-state index contributed by atoms with van der Waals surface area (Å²) in [6.45, 7) is 3.02. The Labute approximate surface area is 144 Å². The number of halogens is 2. The van der Waals surface area contributed by atoms with Crippen molar-refractivity contribution in [1.82, 2.24) is 5.32 Å². The summed E-state index contributed by atoms with van der Waals surface area (Å²) in [5.41, 5.74) is -0.674.